The maximum atomic E-state index is 4.90. The molecule has 30 heavy (non-hydrogen) atoms. The Morgan fingerprint density at radius 1 is 0.500 bits per heavy atom. The lowest BCUT2D eigenvalue weighted by Crippen LogP contribution is -2.12. The second-order valence-corrected chi connectivity index (χ2v) is 7.31. The largest absolute Gasteiger partial charge is 0.318 e. The lowest BCUT2D eigenvalue weighted by Gasteiger charge is -2.23. The highest BCUT2D eigenvalue weighted by molar-refractivity contribution is 5.79. The zero-order valence-electron chi connectivity index (χ0n) is 16.6. The Morgan fingerprint density at radius 3 is 1.43 bits per heavy atom. The van der Waals surface area contributed by atoms with E-state index in [0.29, 0.717) is 0 Å². The molecule has 0 aliphatic heterocycles. The van der Waals surface area contributed by atoms with Crippen LogP contribution in [0.4, 0.5) is 0 Å². The Balaban J connectivity index is 1.78. The van der Waals surface area contributed by atoms with Gasteiger partial charge in [-0.25, -0.2) is 4.98 Å². The summed E-state index contributed by atoms with van der Waals surface area (Å²) in [5.41, 5.74) is 6.87. The number of rotatable bonds is 5. The van der Waals surface area contributed by atoms with Crippen molar-refractivity contribution in [3.05, 3.63) is 139 Å². The Hall–Kier alpha value is -3.91. The molecule has 2 nitrogen and oxygen atoms in total. The lowest BCUT2D eigenvalue weighted by atomic mass is 9.97. The number of aromatic nitrogens is 2. The fourth-order valence-corrected chi connectivity index (χ4v) is 4.03. The number of nitrogens with zero attached hydrogens (tertiary/aromatic N) is 2. The van der Waals surface area contributed by atoms with Crippen LogP contribution >= 0.6 is 0 Å². The summed E-state index contributed by atoms with van der Waals surface area (Å²) < 4.78 is 2.31. The lowest BCUT2D eigenvalue weighted by molar-refractivity contribution is 0.683. The first-order chi connectivity index (χ1) is 14.9. The highest BCUT2D eigenvalue weighted by atomic mass is 15.1. The first kappa shape index (κ1) is 18.1. The quantitative estimate of drug-likeness (QED) is 0.323. The van der Waals surface area contributed by atoms with E-state index in [2.05, 4.69) is 120 Å². The fourth-order valence-electron chi connectivity index (χ4n) is 4.03. The molecule has 0 saturated carbocycles. The van der Waals surface area contributed by atoms with Crippen molar-refractivity contribution in [1.82, 2.24) is 9.55 Å². The molecular weight excluding hydrogens is 364 g/mol. The molecule has 0 spiro atoms. The van der Waals surface area contributed by atoms with E-state index in [4.69, 9.17) is 4.98 Å². The van der Waals surface area contributed by atoms with Gasteiger partial charge in [0.05, 0.1) is 23.8 Å². The van der Waals surface area contributed by atoms with Crippen molar-refractivity contribution in [3.8, 4) is 22.5 Å². The standard InChI is InChI=1S/C28H22N2/c1-5-13-22(14-6-1)26-28(25-19-11-4-12-20-25)30(21-29-26)27(23-15-7-2-8-16-23)24-17-9-3-10-18-24/h1-21,27H. The second kappa shape index (κ2) is 8.22. The summed E-state index contributed by atoms with van der Waals surface area (Å²) in [6.45, 7) is 0. The molecule has 0 N–H and O–H groups in total. The molecule has 0 aliphatic rings. The number of hydrogen-bond acceptors (Lipinski definition) is 1. The predicted molar refractivity (Wildman–Crippen MR) is 123 cm³/mol. The summed E-state index contributed by atoms with van der Waals surface area (Å²) in [4.78, 5) is 4.90. The van der Waals surface area contributed by atoms with Gasteiger partial charge in [0.2, 0.25) is 0 Å². The van der Waals surface area contributed by atoms with Gasteiger partial charge in [0, 0.05) is 11.1 Å². The molecule has 1 aromatic heterocycles. The Bertz CT molecular complexity index is 1170. The maximum Gasteiger partial charge on any atom is 0.0967 e. The van der Waals surface area contributed by atoms with Crippen LogP contribution in [0.15, 0.2) is 128 Å². The van der Waals surface area contributed by atoms with Gasteiger partial charge < -0.3 is 4.57 Å². The van der Waals surface area contributed by atoms with Crippen LogP contribution in [0.1, 0.15) is 17.2 Å². The zero-order valence-corrected chi connectivity index (χ0v) is 16.6. The topological polar surface area (TPSA) is 17.8 Å². The Labute approximate surface area is 177 Å². The van der Waals surface area contributed by atoms with Crippen molar-refractivity contribution in [1.29, 1.82) is 0 Å². The van der Waals surface area contributed by atoms with Gasteiger partial charge in [-0.2, -0.15) is 0 Å². The van der Waals surface area contributed by atoms with Gasteiger partial charge in [-0.15, -0.1) is 0 Å². The fraction of sp³-hybridized carbons (Fsp3) is 0.0357. The third-order valence-electron chi connectivity index (χ3n) is 5.40. The van der Waals surface area contributed by atoms with Gasteiger partial charge in [0.15, 0.2) is 0 Å². The monoisotopic (exact) mass is 386 g/mol. The summed E-state index contributed by atoms with van der Waals surface area (Å²) in [7, 11) is 0. The summed E-state index contributed by atoms with van der Waals surface area (Å²) in [5, 5.41) is 0. The Morgan fingerprint density at radius 2 is 0.933 bits per heavy atom. The van der Waals surface area contributed by atoms with Crippen LogP contribution in [0.2, 0.25) is 0 Å². The van der Waals surface area contributed by atoms with Crippen LogP contribution in [-0.4, -0.2) is 9.55 Å². The van der Waals surface area contributed by atoms with Crippen molar-refractivity contribution in [2.75, 3.05) is 0 Å². The van der Waals surface area contributed by atoms with Crippen LogP contribution in [0.3, 0.4) is 0 Å². The van der Waals surface area contributed by atoms with Gasteiger partial charge in [-0.3, -0.25) is 0 Å². The van der Waals surface area contributed by atoms with Gasteiger partial charge in [0.1, 0.15) is 0 Å². The van der Waals surface area contributed by atoms with E-state index in [-0.39, 0.29) is 6.04 Å². The minimum Gasteiger partial charge on any atom is -0.318 e. The van der Waals surface area contributed by atoms with E-state index in [1.807, 2.05) is 12.4 Å². The third kappa shape index (κ3) is 3.44. The normalized spacial score (nSPS) is 11.0. The Kier molecular flexibility index (Phi) is 4.97. The van der Waals surface area contributed by atoms with Gasteiger partial charge in [-0.1, -0.05) is 121 Å². The van der Waals surface area contributed by atoms with E-state index < -0.39 is 0 Å². The van der Waals surface area contributed by atoms with E-state index in [0.717, 1.165) is 22.5 Å². The van der Waals surface area contributed by atoms with Gasteiger partial charge in [0.25, 0.3) is 0 Å². The predicted octanol–water partition coefficient (Wildman–Crippen LogP) is 6.85. The molecule has 4 aromatic carbocycles. The number of hydrogen-bond donors (Lipinski definition) is 0. The third-order valence-corrected chi connectivity index (χ3v) is 5.40. The maximum absolute atomic E-state index is 4.90. The average Bonchev–Trinajstić information content (AvgIpc) is 3.26. The van der Waals surface area contributed by atoms with Crippen molar-refractivity contribution < 1.29 is 0 Å². The molecule has 0 atom stereocenters. The van der Waals surface area contributed by atoms with Crippen LogP contribution in [0, 0.1) is 0 Å². The first-order valence-electron chi connectivity index (χ1n) is 10.2. The molecule has 144 valence electrons. The van der Waals surface area contributed by atoms with Crippen molar-refractivity contribution >= 4 is 0 Å². The molecule has 5 aromatic rings. The van der Waals surface area contributed by atoms with Crippen LogP contribution in [-0.2, 0) is 0 Å². The second-order valence-electron chi connectivity index (χ2n) is 7.31. The first-order valence-corrected chi connectivity index (χ1v) is 10.2. The molecule has 1 heterocycles. The van der Waals surface area contributed by atoms with Gasteiger partial charge in [-0.05, 0) is 11.1 Å². The summed E-state index contributed by atoms with van der Waals surface area (Å²) in [5.74, 6) is 0. The zero-order chi connectivity index (χ0) is 20.2. The van der Waals surface area contributed by atoms with E-state index in [1.54, 1.807) is 0 Å². The summed E-state index contributed by atoms with van der Waals surface area (Å²) in [6, 6.07) is 42.3. The van der Waals surface area contributed by atoms with E-state index >= 15 is 0 Å². The van der Waals surface area contributed by atoms with E-state index in [9.17, 15) is 0 Å². The molecule has 0 fully saturated rings. The number of benzene rings is 4. The van der Waals surface area contributed by atoms with E-state index in [1.165, 1.54) is 11.1 Å². The molecule has 2 heteroatoms. The minimum atomic E-state index is 0.0348. The molecular formula is C28H22N2. The molecule has 0 saturated heterocycles. The van der Waals surface area contributed by atoms with Crippen LogP contribution in [0.5, 0.6) is 0 Å². The van der Waals surface area contributed by atoms with Crippen molar-refractivity contribution in [2.24, 2.45) is 0 Å². The summed E-state index contributed by atoms with van der Waals surface area (Å²) >= 11 is 0. The molecule has 0 amide bonds. The van der Waals surface area contributed by atoms with Crippen molar-refractivity contribution in [3.63, 3.8) is 0 Å². The minimum absolute atomic E-state index is 0.0348. The van der Waals surface area contributed by atoms with Crippen LogP contribution in [0.25, 0.3) is 22.5 Å². The SMILES string of the molecule is c1ccc(-c2ncn(C(c3ccccc3)c3ccccc3)c2-c2ccccc2)cc1. The molecule has 0 unspecified atom stereocenters. The molecule has 5 rings (SSSR count). The highest BCUT2D eigenvalue weighted by Gasteiger charge is 2.23. The highest BCUT2D eigenvalue weighted by Crippen LogP contribution is 2.37. The smallest absolute Gasteiger partial charge is 0.0967 e. The average molecular weight is 386 g/mol. The summed E-state index contributed by atoms with van der Waals surface area (Å²) in [6.07, 6.45) is 1.98. The molecule has 0 bridgehead atoms. The molecule has 0 radical (unpaired) electrons. The van der Waals surface area contributed by atoms with Crippen molar-refractivity contribution in [2.45, 2.75) is 6.04 Å². The number of imidazole rings is 1. The van der Waals surface area contributed by atoms with Crippen LogP contribution < -0.4 is 0 Å². The molecule has 0 aliphatic carbocycles. The van der Waals surface area contributed by atoms with Gasteiger partial charge >= 0.3 is 0 Å².